The largest absolute Gasteiger partial charge is 0.641 e. The number of aliphatic hydroxyl groups excluding tert-OH is 1. The highest BCUT2D eigenvalue weighted by atomic mass is 16.8. The Kier molecular flexibility index (Phi) is 8.31. The summed E-state index contributed by atoms with van der Waals surface area (Å²) in [4.78, 5) is 0. The minimum Gasteiger partial charge on any atom is -0.396 e. The summed E-state index contributed by atoms with van der Waals surface area (Å²) in [6.45, 7) is 2.51. The maximum Gasteiger partial charge on any atom is 0.641 e. The molecule has 1 saturated heterocycles. The van der Waals surface area contributed by atoms with Gasteiger partial charge in [-0.2, -0.15) is 0 Å². The Hall–Kier alpha value is -3.26. The molecular weight excluding hydrogens is 487 g/mol. The van der Waals surface area contributed by atoms with Crippen LogP contribution in [0.3, 0.4) is 0 Å². The molecule has 200 valence electrons. The number of ether oxygens (including phenoxy) is 1. The van der Waals surface area contributed by atoms with Gasteiger partial charge in [-0.05, 0) is 28.7 Å². The molecule has 5 rings (SSSR count). The first kappa shape index (κ1) is 27.3. The van der Waals surface area contributed by atoms with Gasteiger partial charge >= 0.3 is 7.32 Å². The van der Waals surface area contributed by atoms with Crippen LogP contribution in [0.2, 0.25) is 0 Å². The van der Waals surface area contributed by atoms with Gasteiger partial charge in [0.1, 0.15) is 11.2 Å². The number of hydrogen-bond acceptors (Lipinski definition) is 5. The van der Waals surface area contributed by atoms with Crippen LogP contribution in [0.15, 0.2) is 121 Å². The molecule has 4 aromatic carbocycles. The average molecular weight is 522 g/mol. The maximum absolute atomic E-state index is 10.3. The minimum atomic E-state index is -1.10. The lowest BCUT2D eigenvalue weighted by molar-refractivity contribution is -0.0209. The third kappa shape index (κ3) is 4.84. The summed E-state index contributed by atoms with van der Waals surface area (Å²) in [5.74, 6) is 0. The molecule has 5 nitrogen and oxygen atoms in total. The molecule has 1 atom stereocenters. The summed E-state index contributed by atoms with van der Waals surface area (Å²) in [6, 6.07) is 40.8. The lowest BCUT2D eigenvalue weighted by Gasteiger charge is -2.45. The summed E-state index contributed by atoms with van der Waals surface area (Å²) in [7, 11) is 0.606. The highest BCUT2D eigenvalue weighted by Crippen LogP contribution is 2.58. The second-order valence-corrected chi connectivity index (χ2v) is 10.1. The predicted octanol–water partition coefficient (Wildman–Crippen LogP) is 5.96. The number of aliphatic hydroxyl groups is 1. The summed E-state index contributed by atoms with van der Waals surface area (Å²) in [5.41, 5.74) is 0.989. The second kappa shape index (κ2) is 11.9. The topological polar surface area (TPSA) is 57.2 Å². The number of hydrogen-bond donors (Lipinski definition) is 1. The Balaban J connectivity index is 1.75. The Morgan fingerprint density at radius 1 is 0.641 bits per heavy atom. The van der Waals surface area contributed by atoms with Crippen LogP contribution in [-0.4, -0.2) is 39.4 Å². The van der Waals surface area contributed by atoms with Crippen molar-refractivity contribution in [3.8, 4) is 0 Å². The van der Waals surface area contributed by atoms with E-state index in [1.807, 2.05) is 79.7 Å². The zero-order valence-corrected chi connectivity index (χ0v) is 22.5. The van der Waals surface area contributed by atoms with Crippen molar-refractivity contribution in [1.82, 2.24) is 0 Å². The van der Waals surface area contributed by atoms with Gasteiger partial charge in [0.2, 0.25) is 0 Å². The van der Waals surface area contributed by atoms with Gasteiger partial charge in [-0.3, -0.25) is 0 Å². The van der Waals surface area contributed by atoms with Crippen molar-refractivity contribution in [3.63, 3.8) is 0 Å². The van der Waals surface area contributed by atoms with E-state index in [0.29, 0.717) is 13.0 Å². The van der Waals surface area contributed by atoms with Gasteiger partial charge in [-0.15, -0.1) is 0 Å². The van der Waals surface area contributed by atoms with E-state index in [1.165, 1.54) is 0 Å². The lowest BCUT2D eigenvalue weighted by atomic mass is 9.66. The fourth-order valence-corrected chi connectivity index (χ4v) is 5.66. The summed E-state index contributed by atoms with van der Waals surface area (Å²) in [6.07, 6.45) is 0.676. The number of benzene rings is 4. The molecule has 4 aromatic rings. The van der Waals surface area contributed by atoms with Gasteiger partial charge in [0.05, 0.1) is 13.2 Å². The predicted molar refractivity (Wildman–Crippen MR) is 153 cm³/mol. The van der Waals surface area contributed by atoms with E-state index in [-0.39, 0.29) is 13.2 Å². The fraction of sp³-hybridized carbons (Fsp3) is 0.273. The molecule has 6 heteroatoms. The Morgan fingerprint density at radius 2 is 1.00 bits per heavy atom. The second-order valence-electron chi connectivity index (χ2n) is 10.1. The first-order valence-corrected chi connectivity index (χ1v) is 13.4. The maximum atomic E-state index is 10.3. The van der Waals surface area contributed by atoms with Crippen molar-refractivity contribution in [3.05, 3.63) is 144 Å². The number of methoxy groups -OCH3 is 1. The minimum absolute atomic E-state index is 0.0743. The molecule has 39 heavy (non-hydrogen) atoms. The van der Waals surface area contributed by atoms with Crippen molar-refractivity contribution in [2.45, 2.75) is 24.5 Å². The molecule has 0 saturated carbocycles. The Morgan fingerprint density at radius 3 is 1.28 bits per heavy atom. The molecule has 0 radical (unpaired) electrons. The third-order valence-corrected chi connectivity index (χ3v) is 7.82. The zero-order chi connectivity index (χ0) is 27.2. The monoisotopic (exact) mass is 522 g/mol. The summed E-state index contributed by atoms with van der Waals surface area (Å²) < 4.78 is 25.9. The van der Waals surface area contributed by atoms with Gasteiger partial charge in [0, 0.05) is 19.1 Å². The Labute approximate surface area is 231 Å². The van der Waals surface area contributed by atoms with Gasteiger partial charge in [0.15, 0.2) is 0 Å². The van der Waals surface area contributed by atoms with Gasteiger partial charge < -0.3 is 23.8 Å². The molecule has 0 aromatic heterocycles. The molecule has 1 fully saturated rings. The highest BCUT2D eigenvalue weighted by Gasteiger charge is 2.67. The van der Waals surface area contributed by atoms with Crippen molar-refractivity contribution < 1.29 is 23.8 Å². The standard InChI is InChI=1S/C33H35BO5/c1-3-31(24-35,25-36-2)26-37-34-38-32(27-16-8-4-9-17-27,28-18-10-5-11-19-28)33(39-34,29-20-12-6-13-21-29)30-22-14-7-15-23-30/h4-23,35H,3,24-26H2,1-2H3. The van der Waals surface area contributed by atoms with E-state index in [4.69, 9.17) is 18.7 Å². The van der Waals surface area contributed by atoms with Crippen LogP contribution in [0, 0.1) is 5.41 Å². The van der Waals surface area contributed by atoms with Gasteiger partial charge in [0.25, 0.3) is 0 Å². The first-order chi connectivity index (χ1) is 19.1. The molecule has 1 N–H and O–H groups in total. The van der Waals surface area contributed by atoms with Crippen molar-refractivity contribution in [2.24, 2.45) is 5.41 Å². The van der Waals surface area contributed by atoms with Gasteiger partial charge in [-0.1, -0.05) is 128 Å². The lowest BCUT2D eigenvalue weighted by Crippen LogP contribution is -2.48. The zero-order valence-electron chi connectivity index (χ0n) is 22.5. The molecule has 0 aliphatic carbocycles. The van der Waals surface area contributed by atoms with Crippen molar-refractivity contribution in [1.29, 1.82) is 0 Å². The van der Waals surface area contributed by atoms with E-state index in [0.717, 1.165) is 22.3 Å². The van der Waals surface area contributed by atoms with E-state index in [2.05, 4.69) is 48.5 Å². The van der Waals surface area contributed by atoms with E-state index < -0.39 is 23.9 Å². The number of rotatable bonds is 11. The highest BCUT2D eigenvalue weighted by molar-refractivity contribution is 6.38. The van der Waals surface area contributed by atoms with Crippen LogP contribution >= 0.6 is 0 Å². The quantitative estimate of drug-likeness (QED) is 0.247. The van der Waals surface area contributed by atoms with Crippen LogP contribution in [0.5, 0.6) is 0 Å². The Bertz CT molecular complexity index is 1130. The van der Waals surface area contributed by atoms with Crippen LogP contribution in [0.25, 0.3) is 0 Å². The molecule has 0 spiro atoms. The summed E-state index contributed by atoms with van der Waals surface area (Å²) in [5, 5.41) is 10.3. The van der Waals surface area contributed by atoms with E-state index in [9.17, 15) is 5.11 Å². The molecular formula is C33H35BO5. The normalized spacial score (nSPS) is 17.6. The van der Waals surface area contributed by atoms with Crippen molar-refractivity contribution in [2.75, 3.05) is 26.9 Å². The molecule has 1 heterocycles. The molecule has 0 amide bonds. The smallest absolute Gasteiger partial charge is 0.396 e. The van der Waals surface area contributed by atoms with Crippen molar-refractivity contribution >= 4 is 7.32 Å². The molecule has 1 aliphatic rings. The van der Waals surface area contributed by atoms with Crippen LogP contribution < -0.4 is 0 Å². The molecule has 0 bridgehead atoms. The van der Waals surface area contributed by atoms with Crippen LogP contribution in [0.4, 0.5) is 0 Å². The fourth-order valence-electron chi connectivity index (χ4n) is 5.66. The van der Waals surface area contributed by atoms with E-state index in [1.54, 1.807) is 7.11 Å². The summed E-state index contributed by atoms with van der Waals surface area (Å²) >= 11 is 0. The first-order valence-electron chi connectivity index (χ1n) is 13.4. The SMILES string of the molecule is CCC(CO)(COC)COB1OC(c2ccccc2)(c2ccccc2)C(c2ccccc2)(c2ccccc2)O1. The van der Waals surface area contributed by atoms with E-state index >= 15 is 0 Å². The van der Waals surface area contributed by atoms with Gasteiger partial charge in [-0.25, -0.2) is 0 Å². The average Bonchev–Trinajstić information content (AvgIpc) is 3.38. The molecule has 1 aliphatic heterocycles. The third-order valence-electron chi connectivity index (χ3n) is 7.82. The van der Waals surface area contributed by atoms with Crippen LogP contribution in [-0.2, 0) is 29.9 Å². The van der Waals surface area contributed by atoms with Crippen LogP contribution in [0.1, 0.15) is 35.6 Å². The molecule has 1 unspecified atom stereocenters.